The third-order valence-corrected chi connectivity index (χ3v) is 3.94. The topological polar surface area (TPSA) is 94.0 Å². The predicted molar refractivity (Wildman–Crippen MR) is 77.8 cm³/mol. The maximum atomic E-state index is 11.0. The minimum Gasteiger partial charge on any atom is -0.480 e. The van der Waals surface area contributed by atoms with Crippen molar-refractivity contribution in [2.75, 3.05) is 0 Å². The van der Waals surface area contributed by atoms with Gasteiger partial charge in [-0.2, -0.15) is 10.4 Å². The van der Waals surface area contributed by atoms with Gasteiger partial charge in [0.25, 0.3) is 0 Å². The van der Waals surface area contributed by atoms with Gasteiger partial charge in [-0.05, 0) is 35.0 Å². The second-order valence-corrected chi connectivity index (χ2v) is 5.10. The summed E-state index contributed by atoms with van der Waals surface area (Å²) in [4.78, 5) is 10.5. The summed E-state index contributed by atoms with van der Waals surface area (Å²) in [5, 5.41) is 24.0. The second kappa shape index (κ2) is 5.93. The number of hydrogen-bond donors (Lipinski definition) is 0. The number of nitriles is 1. The molecule has 1 heterocycles. The molecule has 0 radical (unpaired) electrons. The minimum absolute atomic E-state index is 0.116. The highest BCUT2D eigenvalue weighted by molar-refractivity contribution is 9.10. The molecule has 1 aromatic carbocycles. The molecule has 0 amide bonds. The van der Waals surface area contributed by atoms with E-state index < -0.39 is 4.92 Å². The minimum atomic E-state index is -0.570. The van der Waals surface area contributed by atoms with Crippen LogP contribution in [0.5, 0.6) is 5.75 Å². The van der Waals surface area contributed by atoms with Crippen molar-refractivity contribution in [2.45, 2.75) is 13.5 Å². The number of aryl methyl sites for hydroxylation is 2. The van der Waals surface area contributed by atoms with Crippen molar-refractivity contribution in [2.24, 2.45) is 7.05 Å². The zero-order chi connectivity index (χ0) is 15.6. The molecule has 0 bridgehead atoms. The fourth-order valence-electron chi connectivity index (χ4n) is 1.83. The molecule has 0 aliphatic carbocycles. The Kier molecular flexibility index (Phi) is 4.23. The van der Waals surface area contributed by atoms with Crippen LogP contribution in [0.15, 0.2) is 22.7 Å². The molecule has 0 aliphatic rings. The maximum absolute atomic E-state index is 11.0. The standard InChI is InChI=1S/C13H11BrN4O3/c1-8-13(14)11(17(2)16-8)7-21-12-4-3-9(6-15)5-10(12)18(19)20/h3-5H,7H2,1-2H3. The van der Waals surface area contributed by atoms with Crippen molar-refractivity contribution < 1.29 is 9.66 Å². The van der Waals surface area contributed by atoms with Crippen molar-refractivity contribution in [1.29, 1.82) is 5.26 Å². The Morgan fingerprint density at radius 3 is 2.81 bits per heavy atom. The van der Waals surface area contributed by atoms with E-state index in [1.165, 1.54) is 18.2 Å². The molecular formula is C13H11BrN4O3. The largest absolute Gasteiger partial charge is 0.480 e. The Bertz CT molecular complexity index is 749. The molecule has 0 N–H and O–H groups in total. The molecule has 0 fully saturated rings. The van der Waals surface area contributed by atoms with Crippen molar-refractivity contribution in [1.82, 2.24) is 9.78 Å². The molecule has 2 rings (SSSR count). The van der Waals surface area contributed by atoms with Gasteiger partial charge in [0.1, 0.15) is 6.61 Å². The van der Waals surface area contributed by atoms with Crippen LogP contribution in [0.1, 0.15) is 17.0 Å². The van der Waals surface area contributed by atoms with Gasteiger partial charge in [-0.25, -0.2) is 0 Å². The molecule has 0 atom stereocenters. The second-order valence-electron chi connectivity index (χ2n) is 4.31. The van der Waals surface area contributed by atoms with E-state index in [0.717, 1.165) is 15.9 Å². The van der Waals surface area contributed by atoms with Gasteiger partial charge in [0.05, 0.1) is 32.4 Å². The molecule has 2 aromatic rings. The first-order valence-electron chi connectivity index (χ1n) is 5.93. The summed E-state index contributed by atoms with van der Waals surface area (Å²) < 4.78 is 7.97. The van der Waals surface area contributed by atoms with Crippen LogP contribution >= 0.6 is 15.9 Å². The Labute approximate surface area is 129 Å². The van der Waals surface area contributed by atoms with Gasteiger partial charge >= 0.3 is 5.69 Å². The summed E-state index contributed by atoms with van der Waals surface area (Å²) in [6.07, 6.45) is 0. The van der Waals surface area contributed by atoms with E-state index in [0.29, 0.717) is 0 Å². The summed E-state index contributed by atoms with van der Waals surface area (Å²) in [7, 11) is 1.77. The molecule has 0 spiro atoms. The van der Waals surface area contributed by atoms with Crippen LogP contribution < -0.4 is 4.74 Å². The average Bonchev–Trinajstić information content (AvgIpc) is 2.70. The summed E-state index contributed by atoms with van der Waals surface area (Å²) >= 11 is 3.40. The lowest BCUT2D eigenvalue weighted by Gasteiger charge is -2.07. The molecule has 0 saturated heterocycles. The van der Waals surface area contributed by atoms with E-state index in [1.807, 2.05) is 13.0 Å². The van der Waals surface area contributed by atoms with Gasteiger partial charge in [0.2, 0.25) is 0 Å². The summed E-state index contributed by atoms with van der Waals surface area (Å²) in [6.45, 7) is 1.97. The molecule has 108 valence electrons. The third kappa shape index (κ3) is 3.03. The number of nitro groups is 1. The molecule has 7 nitrogen and oxygen atoms in total. The van der Waals surface area contributed by atoms with Gasteiger partial charge in [0.15, 0.2) is 5.75 Å². The van der Waals surface area contributed by atoms with Gasteiger partial charge in [-0.15, -0.1) is 0 Å². The zero-order valence-corrected chi connectivity index (χ0v) is 12.9. The van der Waals surface area contributed by atoms with E-state index in [-0.39, 0.29) is 23.6 Å². The quantitative estimate of drug-likeness (QED) is 0.624. The zero-order valence-electron chi connectivity index (χ0n) is 11.3. The van der Waals surface area contributed by atoms with Gasteiger partial charge < -0.3 is 4.74 Å². The van der Waals surface area contributed by atoms with E-state index in [1.54, 1.807) is 11.7 Å². The van der Waals surface area contributed by atoms with E-state index in [2.05, 4.69) is 21.0 Å². The molecule has 0 unspecified atom stereocenters. The summed E-state index contributed by atoms with van der Waals surface area (Å²) in [6, 6.07) is 5.96. The SMILES string of the molecule is Cc1nn(C)c(COc2ccc(C#N)cc2[N+](=O)[O-])c1Br. The van der Waals surface area contributed by atoms with Crippen LogP contribution in [-0.4, -0.2) is 14.7 Å². The first-order valence-corrected chi connectivity index (χ1v) is 6.72. The molecule has 21 heavy (non-hydrogen) atoms. The Morgan fingerprint density at radius 2 is 2.29 bits per heavy atom. The van der Waals surface area contributed by atoms with Crippen molar-refractivity contribution in [3.05, 3.63) is 49.7 Å². The first kappa shape index (κ1) is 15.0. The van der Waals surface area contributed by atoms with Crippen LogP contribution in [0.25, 0.3) is 0 Å². The average molecular weight is 351 g/mol. The van der Waals surface area contributed by atoms with Crippen LogP contribution in [0.4, 0.5) is 5.69 Å². The highest BCUT2D eigenvalue weighted by Crippen LogP contribution is 2.29. The van der Waals surface area contributed by atoms with Gasteiger partial charge in [-0.3, -0.25) is 14.8 Å². The highest BCUT2D eigenvalue weighted by Gasteiger charge is 2.18. The van der Waals surface area contributed by atoms with Crippen LogP contribution in [0.2, 0.25) is 0 Å². The van der Waals surface area contributed by atoms with Crippen LogP contribution in [0, 0.1) is 28.4 Å². The fraction of sp³-hybridized carbons (Fsp3) is 0.231. The Balaban J connectivity index is 2.28. The number of benzene rings is 1. The number of hydrogen-bond acceptors (Lipinski definition) is 5. The number of halogens is 1. The lowest BCUT2D eigenvalue weighted by atomic mass is 10.2. The molecule has 0 aliphatic heterocycles. The molecule has 0 saturated carbocycles. The number of rotatable bonds is 4. The fourth-order valence-corrected chi connectivity index (χ4v) is 2.29. The lowest BCUT2D eigenvalue weighted by Crippen LogP contribution is -2.05. The molecule has 8 heteroatoms. The Hall–Kier alpha value is -2.40. The highest BCUT2D eigenvalue weighted by atomic mass is 79.9. The lowest BCUT2D eigenvalue weighted by molar-refractivity contribution is -0.386. The van der Waals surface area contributed by atoms with Crippen molar-refractivity contribution >= 4 is 21.6 Å². The number of nitrogens with zero attached hydrogens (tertiary/aromatic N) is 4. The van der Waals surface area contributed by atoms with Gasteiger partial charge in [-0.1, -0.05) is 0 Å². The van der Waals surface area contributed by atoms with E-state index >= 15 is 0 Å². The van der Waals surface area contributed by atoms with Crippen molar-refractivity contribution in [3.8, 4) is 11.8 Å². The number of ether oxygens (including phenoxy) is 1. The summed E-state index contributed by atoms with van der Waals surface area (Å²) in [5.74, 6) is 0.116. The Morgan fingerprint density at radius 1 is 1.57 bits per heavy atom. The first-order chi connectivity index (χ1) is 9.93. The third-order valence-electron chi connectivity index (χ3n) is 2.91. The van der Waals surface area contributed by atoms with Gasteiger partial charge in [0, 0.05) is 13.1 Å². The summed E-state index contributed by atoms with van der Waals surface area (Å²) in [5.41, 5.74) is 1.56. The normalized spacial score (nSPS) is 10.2. The number of aromatic nitrogens is 2. The maximum Gasteiger partial charge on any atom is 0.312 e. The van der Waals surface area contributed by atoms with Crippen LogP contribution in [-0.2, 0) is 13.7 Å². The van der Waals surface area contributed by atoms with Crippen molar-refractivity contribution in [3.63, 3.8) is 0 Å². The number of nitro benzene ring substituents is 1. The molecule has 1 aromatic heterocycles. The van der Waals surface area contributed by atoms with E-state index in [9.17, 15) is 10.1 Å². The predicted octanol–water partition coefficient (Wildman–Crippen LogP) is 2.85. The smallest absolute Gasteiger partial charge is 0.312 e. The van der Waals surface area contributed by atoms with Crippen LogP contribution in [0.3, 0.4) is 0 Å². The molecular weight excluding hydrogens is 340 g/mol. The monoisotopic (exact) mass is 350 g/mol. The van der Waals surface area contributed by atoms with E-state index in [4.69, 9.17) is 10.00 Å².